The fourth-order valence-electron chi connectivity index (χ4n) is 1.67. The Morgan fingerprint density at radius 3 is 2.95 bits per heavy atom. The Bertz CT molecular complexity index is 347. The highest BCUT2D eigenvalue weighted by Gasteiger charge is 2.02. The maximum Gasteiger partial charge on any atom is 0.0721 e. The Balaban J connectivity index is 2.06. The molecule has 108 valence electrons. The molecule has 3 nitrogen and oxygen atoms in total. The van der Waals surface area contributed by atoms with Gasteiger partial charge in [-0.2, -0.15) is 0 Å². The van der Waals surface area contributed by atoms with Crippen molar-refractivity contribution in [2.45, 2.75) is 33.0 Å². The molecule has 0 aromatic heterocycles. The van der Waals surface area contributed by atoms with Gasteiger partial charge in [0, 0.05) is 24.2 Å². The van der Waals surface area contributed by atoms with E-state index in [0.29, 0.717) is 6.61 Å². The molecule has 0 saturated carbocycles. The lowest BCUT2D eigenvalue weighted by atomic mass is 10.2. The summed E-state index contributed by atoms with van der Waals surface area (Å²) in [5.74, 6) is 0. The molecule has 1 unspecified atom stereocenters. The molecule has 0 amide bonds. The lowest BCUT2D eigenvalue weighted by Crippen LogP contribution is -2.28. The summed E-state index contributed by atoms with van der Waals surface area (Å²) in [7, 11) is 0. The van der Waals surface area contributed by atoms with Crippen LogP contribution in [0.5, 0.6) is 0 Å². The van der Waals surface area contributed by atoms with Crippen molar-refractivity contribution < 1.29 is 9.47 Å². The maximum atomic E-state index is 5.80. The van der Waals surface area contributed by atoms with Crippen molar-refractivity contribution in [1.29, 1.82) is 0 Å². The van der Waals surface area contributed by atoms with Gasteiger partial charge in [-0.3, -0.25) is 0 Å². The van der Waals surface area contributed by atoms with Crippen LogP contribution in [-0.2, 0) is 16.1 Å². The first-order valence-corrected chi connectivity index (χ1v) is 7.66. The molecule has 4 heteroatoms. The molecule has 0 saturated heterocycles. The fourth-order valence-corrected chi connectivity index (χ4v) is 2.12. The molecule has 0 aliphatic rings. The smallest absolute Gasteiger partial charge is 0.0721 e. The quantitative estimate of drug-likeness (QED) is 0.667. The van der Waals surface area contributed by atoms with Crippen molar-refractivity contribution in [2.24, 2.45) is 0 Å². The molecule has 0 fully saturated rings. The normalized spacial score (nSPS) is 12.6. The van der Waals surface area contributed by atoms with Crippen molar-refractivity contribution in [3.05, 3.63) is 34.3 Å². The van der Waals surface area contributed by atoms with Gasteiger partial charge >= 0.3 is 0 Å². The van der Waals surface area contributed by atoms with Gasteiger partial charge in [-0.25, -0.2) is 0 Å². The first-order chi connectivity index (χ1) is 9.22. The van der Waals surface area contributed by atoms with Gasteiger partial charge in [0.15, 0.2) is 0 Å². The zero-order chi connectivity index (χ0) is 13.9. The number of nitrogens with one attached hydrogen (secondary N) is 1. The number of halogens is 1. The van der Waals surface area contributed by atoms with E-state index in [1.807, 2.05) is 19.1 Å². The highest BCUT2D eigenvalue weighted by atomic mass is 79.9. The molecule has 1 rings (SSSR count). The Labute approximate surface area is 124 Å². The molecule has 1 N–H and O–H groups in total. The Morgan fingerprint density at radius 1 is 1.37 bits per heavy atom. The predicted molar refractivity (Wildman–Crippen MR) is 82.4 cm³/mol. The summed E-state index contributed by atoms with van der Waals surface area (Å²) >= 11 is 3.46. The summed E-state index contributed by atoms with van der Waals surface area (Å²) < 4.78 is 12.2. The number of hydrogen-bond donors (Lipinski definition) is 1. The predicted octanol–water partition coefficient (Wildman–Crippen LogP) is 3.37. The summed E-state index contributed by atoms with van der Waals surface area (Å²) in [6.07, 6.45) is 1.26. The van der Waals surface area contributed by atoms with Crippen LogP contribution in [0.25, 0.3) is 0 Å². The second-order valence-electron chi connectivity index (χ2n) is 4.51. The van der Waals surface area contributed by atoms with Crippen molar-refractivity contribution in [2.75, 3.05) is 26.3 Å². The highest BCUT2D eigenvalue weighted by molar-refractivity contribution is 9.10. The van der Waals surface area contributed by atoms with E-state index in [1.54, 1.807) is 0 Å². The highest BCUT2D eigenvalue weighted by Crippen LogP contribution is 2.12. The molecule has 0 spiro atoms. The average molecular weight is 330 g/mol. The zero-order valence-corrected chi connectivity index (χ0v) is 13.4. The number of ether oxygens (including phenoxy) is 2. The van der Waals surface area contributed by atoms with Gasteiger partial charge in [0.05, 0.1) is 12.7 Å². The zero-order valence-electron chi connectivity index (χ0n) is 11.8. The van der Waals surface area contributed by atoms with E-state index in [4.69, 9.17) is 9.47 Å². The van der Waals surface area contributed by atoms with Crippen molar-refractivity contribution >= 4 is 15.9 Å². The largest absolute Gasteiger partial charge is 0.382 e. The van der Waals surface area contributed by atoms with Gasteiger partial charge in [0.1, 0.15) is 0 Å². The number of benzene rings is 1. The fraction of sp³-hybridized carbons (Fsp3) is 0.600. The van der Waals surface area contributed by atoms with Gasteiger partial charge < -0.3 is 14.8 Å². The standard InChI is InChI=1S/C15H24BrNO2/c1-3-18-9-5-8-17-11-13(2)19-12-14-6-4-7-15(16)10-14/h4,6-7,10,13,17H,3,5,8-9,11-12H2,1-2H3. The van der Waals surface area contributed by atoms with Crippen LogP contribution in [0.3, 0.4) is 0 Å². The summed E-state index contributed by atoms with van der Waals surface area (Å²) in [4.78, 5) is 0. The summed E-state index contributed by atoms with van der Waals surface area (Å²) in [5.41, 5.74) is 1.19. The molecule has 0 aliphatic heterocycles. The van der Waals surface area contributed by atoms with Gasteiger partial charge in [0.2, 0.25) is 0 Å². The van der Waals surface area contributed by atoms with Crippen LogP contribution in [0, 0.1) is 0 Å². The van der Waals surface area contributed by atoms with Gasteiger partial charge in [0.25, 0.3) is 0 Å². The molecular weight excluding hydrogens is 306 g/mol. The second kappa shape index (κ2) is 10.4. The van der Waals surface area contributed by atoms with Crippen LogP contribution in [0.4, 0.5) is 0 Å². The lowest BCUT2D eigenvalue weighted by molar-refractivity contribution is 0.0527. The third-order valence-electron chi connectivity index (χ3n) is 2.70. The average Bonchev–Trinajstić information content (AvgIpc) is 2.40. The van der Waals surface area contributed by atoms with Crippen LogP contribution in [0.1, 0.15) is 25.8 Å². The maximum absolute atomic E-state index is 5.80. The monoisotopic (exact) mass is 329 g/mol. The topological polar surface area (TPSA) is 30.5 Å². The van der Waals surface area contributed by atoms with Gasteiger partial charge in [-0.15, -0.1) is 0 Å². The molecule has 1 aromatic rings. The third-order valence-corrected chi connectivity index (χ3v) is 3.19. The molecule has 0 radical (unpaired) electrons. The summed E-state index contributed by atoms with van der Waals surface area (Å²) in [6.45, 7) is 8.24. The summed E-state index contributed by atoms with van der Waals surface area (Å²) in [5, 5.41) is 3.38. The van der Waals surface area contributed by atoms with Crippen molar-refractivity contribution in [1.82, 2.24) is 5.32 Å². The van der Waals surface area contributed by atoms with E-state index in [2.05, 4.69) is 40.3 Å². The van der Waals surface area contributed by atoms with E-state index in [9.17, 15) is 0 Å². The van der Waals surface area contributed by atoms with E-state index in [1.165, 1.54) is 5.56 Å². The van der Waals surface area contributed by atoms with Crippen molar-refractivity contribution in [3.8, 4) is 0 Å². The second-order valence-corrected chi connectivity index (χ2v) is 5.42. The summed E-state index contributed by atoms with van der Waals surface area (Å²) in [6, 6.07) is 8.21. The van der Waals surface area contributed by atoms with E-state index in [0.717, 1.165) is 37.2 Å². The van der Waals surface area contributed by atoms with Gasteiger partial charge in [-0.1, -0.05) is 28.1 Å². The first kappa shape index (κ1) is 16.6. The van der Waals surface area contributed by atoms with Crippen LogP contribution in [-0.4, -0.2) is 32.4 Å². The van der Waals surface area contributed by atoms with Gasteiger partial charge in [-0.05, 0) is 44.5 Å². The minimum absolute atomic E-state index is 0.214. The SMILES string of the molecule is CCOCCCNCC(C)OCc1cccc(Br)c1. The van der Waals surface area contributed by atoms with E-state index >= 15 is 0 Å². The van der Waals surface area contributed by atoms with Crippen LogP contribution < -0.4 is 5.32 Å². The Morgan fingerprint density at radius 2 is 2.21 bits per heavy atom. The molecule has 19 heavy (non-hydrogen) atoms. The molecule has 0 bridgehead atoms. The molecule has 0 aliphatic carbocycles. The van der Waals surface area contributed by atoms with Crippen LogP contribution in [0.15, 0.2) is 28.7 Å². The van der Waals surface area contributed by atoms with E-state index < -0.39 is 0 Å². The van der Waals surface area contributed by atoms with Crippen molar-refractivity contribution in [3.63, 3.8) is 0 Å². The first-order valence-electron chi connectivity index (χ1n) is 6.87. The Hall–Kier alpha value is -0.420. The number of rotatable bonds is 10. The molecular formula is C15H24BrNO2. The number of hydrogen-bond acceptors (Lipinski definition) is 3. The minimum Gasteiger partial charge on any atom is -0.382 e. The lowest BCUT2D eigenvalue weighted by Gasteiger charge is -2.14. The minimum atomic E-state index is 0.214. The van der Waals surface area contributed by atoms with Crippen LogP contribution in [0.2, 0.25) is 0 Å². The molecule has 1 atom stereocenters. The molecule has 0 heterocycles. The third kappa shape index (κ3) is 8.37. The van der Waals surface area contributed by atoms with Crippen LogP contribution >= 0.6 is 15.9 Å². The Kier molecular flexibility index (Phi) is 9.08. The molecule has 1 aromatic carbocycles. The van der Waals surface area contributed by atoms with E-state index in [-0.39, 0.29) is 6.10 Å².